The van der Waals surface area contributed by atoms with E-state index in [1.54, 1.807) is 6.92 Å². The van der Waals surface area contributed by atoms with E-state index in [4.69, 9.17) is 5.11 Å². The molecule has 96 valence electrons. The van der Waals surface area contributed by atoms with Gasteiger partial charge in [0, 0.05) is 5.57 Å². The molecule has 0 unspecified atom stereocenters. The van der Waals surface area contributed by atoms with Crippen molar-refractivity contribution in [3.63, 3.8) is 0 Å². The van der Waals surface area contributed by atoms with Gasteiger partial charge in [0.1, 0.15) is 0 Å². The molecule has 1 N–H and O–H groups in total. The van der Waals surface area contributed by atoms with Crippen LogP contribution in [0, 0.1) is 0 Å². The maximum absolute atomic E-state index is 11.0. The lowest BCUT2D eigenvalue weighted by atomic mass is 10.4. The Hall–Kier alpha value is -1.92. The van der Waals surface area contributed by atoms with Gasteiger partial charge in [-0.05, 0) is 31.3 Å². The van der Waals surface area contributed by atoms with Crippen LogP contribution in [0.3, 0.4) is 0 Å². The molecule has 0 fully saturated rings. The zero-order valence-corrected chi connectivity index (χ0v) is 11.5. The molecule has 0 aromatic heterocycles. The third-order valence-electron chi connectivity index (χ3n) is 2.73. The van der Waals surface area contributed by atoms with Crippen molar-refractivity contribution in [2.45, 2.75) is 6.92 Å². The van der Waals surface area contributed by atoms with Gasteiger partial charge in [0.05, 0.1) is 0 Å². The van der Waals surface area contributed by atoms with E-state index in [0.717, 1.165) is 10.6 Å². The summed E-state index contributed by atoms with van der Waals surface area (Å²) < 4.78 is 0. The predicted octanol–water partition coefficient (Wildman–Crippen LogP) is 3.11. The van der Waals surface area contributed by atoms with Crippen molar-refractivity contribution in [2.24, 2.45) is 0 Å². The summed E-state index contributed by atoms with van der Waals surface area (Å²) in [5, 5.41) is 11.4. The predicted molar refractivity (Wildman–Crippen MR) is 80.5 cm³/mol. The van der Waals surface area contributed by atoms with Crippen LogP contribution in [0.15, 0.2) is 72.1 Å². The molecule has 0 radical (unpaired) electrons. The Kier molecular flexibility index (Phi) is 4.48. The summed E-state index contributed by atoms with van der Waals surface area (Å²) in [7, 11) is -0.766. The lowest BCUT2D eigenvalue weighted by Crippen LogP contribution is -2.10. The number of aliphatic carboxylic acids is 1. The van der Waals surface area contributed by atoms with Gasteiger partial charge < -0.3 is 5.11 Å². The molecule has 2 rings (SSSR count). The molecule has 0 amide bonds. The molecule has 0 aliphatic heterocycles. The van der Waals surface area contributed by atoms with Crippen LogP contribution < -0.4 is 10.6 Å². The molecule has 3 heteroatoms. The second-order valence-electron chi connectivity index (χ2n) is 4.16. The Morgan fingerprint density at radius 2 is 1.37 bits per heavy atom. The number of carboxylic acid groups (broad SMARTS) is 1. The Labute approximate surface area is 114 Å². The van der Waals surface area contributed by atoms with Crippen LogP contribution in [0.25, 0.3) is 0 Å². The van der Waals surface area contributed by atoms with Crippen LogP contribution in [0.4, 0.5) is 0 Å². The second kappa shape index (κ2) is 6.31. The van der Waals surface area contributed by atoms with Gasteiger partial charge in [-0.3, -0.25) is 0 Å². The van der Waals surface area contributed by atoms with Crippen molar-refractivity contribution in [1.29, 1.82) is 0 Å². The number of rotatable bonds is 4. The van der Waals surface area contributed by atoms with Crippen LogP contribution in [-0.4, -0.2) is 11.1 Å². The number of hydrogen-bond donors (Lipinski definition) is 1. The van der Waals surface area contributed by atoms with E-state index >= 15 is 0 Å². The normalized spacial score (nSPS) is 11.6. The van der Waals surface area contributed by atoms with E-state index in [1.165, 1.54) is 0 Å². The summed E-state index contributed by atoms with van der Waals surface area (Å²) >= 11 is 0. The molecule has 0 bridgehead atoms. The van der Waals surface area contributed by atoms with Crippen LogP contribution in [0.5, 0.6) is 0 Å². The number of carbonyl (C=O) groups is 1. The molecular weight excluding hydrogens is 255 g/mol. The average molecular weight is 270 g/mol. The summed E-state index contributed by atoms with van der Waals surface area (Å²) in [5.41, 5.74) is 0.388. The van der Waals surface area contributed by atoms with Crippen LogP contribution in [0.1, 0.15) is 6.92 Å². The van der Waals surface area contributed by atoms with E-state index in [9.17, 15) is 4.79 Å². The van der Waals surface area contributed by atoms with Gasteiger partial charge in [0.15, 0.2) is 0 Å². The molecule has 2 nitrogen and oxygen atoms in total. The fraction of sp³-hybridized carbons (Fsp3) is 0.0625. The Bertz CT molecular complexity index is 537. The standard InChI is InChI=1S/C16H15O2P/c1-13(16(17)18)12-19(14-8-4-2-5-9-14)15-10-6-3-7-11-15/h2-12H,1H3,(H,17,18). The average Bonchev–Trinajstić information content (AvgIpc) is 2.46. The maximum atomic E-state index is 11.0. The Morgan fingerprint density at radius 3 is 1.74 bits per heavy atom. The molecule has 2 aromatic rings. The molecular formula is C16H15O2P. The minimum Gasteiger partial charge on any atom is -0.478 e. The number of benzene rings is 2. The van der Waals surface area contributed by atoms with Crippen LogP contribution >= 0.6 is 7.92 Å². The monoisotopic (exact) mass is 270 g/mol. The van der Waals surface area contributed by atoms with Crippen molar-refractivity contribution in [1.82, 2.24) is 0 Å². The highest BCUT2D eigenvalue weighted by molar-refractivity contribution is 7.75. The molecule has 0 spiro atoms. The largest absolute Gasteiger partial charge is 0.478 e. The summed E-state index contributed by atoms with van der Waals surface area (Å²) in [5.74, 6) is 1.00. The first-order chi connectivity index (χ1) is 9.18. The molecule has 0 saturated heterocycles. The molecule has 19 heavy (non-hydrogen) atoms. The fourth-order valence-corrected chi connectivity index (χ4v) is 3.80. The molecule has 0 aliphatic rings. The van der Waals surface area contributed by atoms with Crippen molar-refractivity contribution >= 4 is 24.5 Å². The maximum Gasteiger partial charge on any atom is 0.331 e. The lowest BCUT2D eigenvalue weighted by Gasteiger charge is -2.15. The van der Waals surface area contributed by atoms with E-state index in [2.05, 4.69) is 0 Å². The third-order valence-corrected chi connectivity index (χ3v) is 5.08. The van der Waals surface area contributed by atoms with Crippen molar-refractivity contribution < 1.29 is 9.90 Å². The van der Waals surface area contributed by atoms with E-state index < -0.39 is 13.9 Å². The van der Waals surface area contributed by atoms with Gasteiger partial charge in [0.2, 0.25) is 0 Å². The van der Waals surface area contributed by atoms with Crippen molar-refractivity contribution in [2.75, 3.05) is 0 Å². The summed E-state index contributed by atoms with van der Waals surface area (Å²) in [6.07, 6.45) is 0. The van der Waals surface area contributed by atoms with Gasteiger partial charge in [0.25, 0.3) is 0 Å². The minimum atomic E-state index is -0.862. The van der Waals surface area contributed by atoms with E-state index in [-0.39, 0.29) is 0 Å². The van der Waals surface area contributed by atoms with Crippen LogP contribution in [0.2, 0.25) is 0 Å². The van der Waals surface area contributed by atoms with Crippen LogP contribution in [-0.2, 0) is 4.79 Å². The van der Waals surface area contributed by atoms with Gasteiger partial charge >= 0.3 is 5.97 Å². The quantitative estimate of drug-likeness (QED) is 0.684. The molecule has 2 aromatic carbocycles. The fourth-order valence-electron chi connectivity index (χ4n) is 1.72. The summed E-state index contributed by atoms with van der Waals surface area (Å²) in [4.78, 5) is 11.0. The van der Waals surface area contributed by atoms with E-state index in [0.29, 0.717) is 5.57 Å². The molecule has 0 aliphatic carbocycles. The summed E-state index contributed by atoms with van der Waals surface area (Å²) in [6.45, 7) is 1.64. The first kappa shape index (κ1) is 13.5. The molecule has 0 saturated carbocycles. The molecule has 0 heterocycles. The Balaban J connectivity index is 2.46. The van der Waals surface area contributed by atoms with Gasteiger partial charge in [-0.15, -0.1) is 0 Å². The minimum absolute atomic E-state index is 0.388. The van der Waals surface area contributed by atoms with Gasteiger partial charge in [-0.25, -0.2) is 4.79 Å². The topological polar surface area (TPSA) is 37.3 Å². The Morgan fingerprint density at radius 1 is 0.947 bits per heavy atom. The number of carboxylic acids is 1. The smallest absolute Gasteiger partial charge is 0.331 e. The second-order valence-corrected chi connectivity index (χ2v) is 6.19. The van der Waals surface area contributed by atoms with Gasteiger partial charge in [-0.2, -0.15) is 0 Å². The van der Waals surface area contributed by atoms with Gasteiger partial charge in [-0.1, -0.05) is 60.7 Å². The zero-order chi connectivity index (χ0) is 13.7. The van der Waals surface area contributed by atoms with Crippen molar-refractivity contribution in [3.05, 3.63) is 72.1 Å². The number of hydrogen-bond acceptors (Lipinski definition) is 1. The lowest BCUT2D eigenvalue weighted by molar-refractivity contribution is -0.132. The highest BCUT2D eigenvalue weighted by Crippen LogP contribution is 2.36. The third kappa shape index (κ3) is 3.52. The zero-order valence-electron chi connectivity index (χ0n) is 10.7. The SMILES string of the molecule is CC(=CP(c1ccccc1)c1ccccc1)C(=O)O. The van der Waals surface area contributed by atoms with E-state index in [1.807, 2.05) is 66.5 Å². The first-order valence-corrected chi connectivity index (χ1v) is 7.40. The first-order valence-electron chi connectivity index (χ1n) is 5.99. The molecule has 0 atom stereocenters. The summed E-state index contributed by atoms with van der Waals surface area (Å²) in [6, 6.07) is 20.1. The highest BCUT2D eigenvalue weighted by atomic mass is 31.1. The highest BCUT2D eigenvalue weighted by Gasteiger charge is 2.12. The van der Waals surface area contributed by atoms with Crippen molar-refractivity contribution in [3.8, 4) is 0 Å².